The number of rotatable bonds is 4. The molecule has 2 aromatic rings. The highest BCUT2D eigenvalue weighted by molar-refractivity contribution is 5.74. The second kappa shape index (κ2) is 7.77. The zero-order chi connectivity index (χ0) is 16.8. The summed E-state index contributed by atoms with van der Waals surface area (Å²) in [6.45, 7) is 3.74. The van der Waals surface area contributed by atoms with Gasteiger partial charge in [-0.15, -0.1) is 0 Å². The van der Waals surface area contributed by atoms with Crippen molar-refractivity contribution in [1.82, 2.24) is 20.6 Å². The normalized spacial score (nSPS) is 16.5. The lowest BCUT2D eigenvalue weighted by atomic mass is 10.1. The first-order valence-corrected chi connectivity index (χ1v) is 8.36. The fraction of sp³-hybridized carbons (Fsp3) is 0.389. The Morgan fingerprint density at radius 2 is 1.83 bits per heavy atom. The molecule has 1 aliphatic rings. The van der Waals surface area contributed by atoms with Crippen LogP contribution in [-0.4, -0.2) is 35.1 Å². The van der Waals surface area contributed by atoms with Gasteiger partial charge in [0.1, 0.15) is 5.82 Å². The lowest BCUT2D eigenvalue weighted by Gasteiger charge is -2.33. The third kappa shape index (κ3) is 4.22. The van der Waals surface area contributed by atoms with Crippen LogP contribution < -0.4 is 15.5 Å². The van der Waals surface area contributed by atoms with E-state index in [0.717, 1.165) is 37.4 Å². The highest BCUT2D eigenvalue weighted by Crippen LogP contribution is 2.17. The first-order chi connectivity index (χ1) is 11.7. The smallest absolute Gasteiger partial charge is 0.315 e. The highest BCUT2D eigenvalue weighted by atomic mass is 16.2. The number of hydrogen-bond acceptors (Lipinski definition) is 4. The average Bonchev–Trinajstić information content (AvgIpc) is 2.64. The molecule has 0 bridgehead atoms. The molecule has 3 rings (SSSR count). The van der Waals surface area contributed by atoms with Gasteiger partial charge in [0.2, 0.25) is 0 Å². The van der Waals surface area contributed by atoms with E-state index in [4.69, 9.17) is 0 Å². The van der Waals surface area contributed by atoms with Crippen molar-refractivity contribution in [2.75, 3.05) is 18.0 Å². The van der Waals surface area contributed by atoms with Crippen LogP contribution in [0.4, 0.5) is 10.6 Å². The molecule has 0 radical (unpaired) electrons. The predicted octanol–water partition coefficient (Wildman–Crippen LogP) is 2.51. The van der Waals surface area contributed by atoms with Crippen molar-refractivity contribution >= 4 is 11.8 Å². The number of nitrogens with one attached hydrogen (secondary N) is 2. The van der Waals surface area contributed by atoms with Crippen molar-refractivity contribution in [3.8, 4) is 0 Å². The molecular weight excluding hydrogens is 302 g/mol. The number of anilines is 1. The van der Waals surface area contributed by atoms with Crippen LogP contribution in [0, 0.1) is 0 Å². The summed E-state index contributed by atoms with van der Waals surface area (Å²) >= 11 is 0. The van der Waals surface area contributed by atoms with E-state index in [1.54, 1.807) is 6.20 Å². The van der Waals surface area contributed by atoms with Crippen molar-refractivity contribution in [2.24, 2.45) is 0 Å². The van der Waals surface area contributed by atoms with Gasteiger partial charge in [0.15, 0.2) is 0 Å². The molecule has 1 aliphatic heterocycles. The van der Waals surface area contributed by atoms with Crippen LogP contribution in [0.3, 0.4) is 0 Å². The second-order valence-corrected chi connectivity index (χ2v) is 6.04. The summed E-state index contributed by atoms with van der Waals surface area (Å²) < 4.78 is 0. The lowest BCUT2D eigenvalue weighted by molar-refractivity contribution is 0.231. The van der Waals surface area contributed by atoms with Gasteiger partial charge in [0, 0.05) is 31.5 Å². The van der Waals surface area contributed by atoms with E-state index in [9.17, 15) is 4.79 Å². The number of carbonyl (C=O) groups excluding carboxylic acids is 1. The van der Waals surface area contributed by atoms with E-state index in [2.05, 4.69) is 25.5 Å². The average molecular weight is 325 g/mol. The Balaban J connectivity index is 1.45. The molecule has 0 aliphatic carbocycles. The molecule has 3 heterocycles. The number of aromatic nitrogens is 2. The molecule has 6 heteroatoms. The van der Waals surface area contributed by atoms with Crippen LogP contribution in [-0.2, 0) is 0 Å². The number of piperidine rings is 1. The van der Waals surface area contributed by atoms with Gasteiger partial charge >= 0.3 is 6.03 Å². The molecule has 24 heavy (non-hydrogen) atoms. The molecule has 0 aromatic carbocycles. The van der Waals surface area contributed by atoms with Crippen LogP contribution in [0.25, 0.3) is 0 Å². The maximum atomic E-state index is 12.2. The van der Waals surface area contributed by atoms with E-state index >= 15 is 0 Å². The number of amides is 2. The largest absolute Gasteiger partial charge is 0.356 e. The van der Waals surface area contributed by atoms with Crippen molar-refractivity contribution < 1.29 is 4.79 Å². The van der Waals surface area contributed by atoms with E-state index in [1.807, 2.05) is 49.5 Å². The Bertz CT molecular complexity index is 641. The minimum atomic E-state index is -0.135. The molecule has 2 aromatic heterocycles. The maximum Gasteiger partial charge on any atom is 0.315 e. The van der Waals surface area contributed by atoms with Crippen LogP contribution in [0.5, 0.6) is 0 Å². The molecule has 1 fully saturated rings. The minimum Gasteiger partial charge on any atom is -0.356 e. The molecule has 0 spiro atoms. The Morgan fingerprint density at radius 3 is 2.46 bits per heavy atom. The van der Waals surface area contributed by atoms with Gasteiger partial charge in [-0.3, -0.25) is 4.98 Å². The van der Waals surface area contributed by atoms with Crippen LogP contribution in [0.15, 0.2) is 48.8 Å². The van der Waals surface area contributed by atoms with E-state index in [-0.39, 0.29) is 18.1 Å². The number of hydrogen-bond donors (Lipinski definition) is 2. The molecule has 2 amide bonds. The second-order valence-electron chi connectivity index (χ2n) is 6.04. The highest BCUT2D eigenvalue weighted by Gasteiger charge is 2.22. The fourth-order valence-electron chi connectivity index (χ4n) is 2.92. The number of pyridine rings is 2. The van der Waals surface area contributed by atoms with Gasteiger partial charge in [-0.05, 0) is 44.0 Å². The topological polar surface area (TPSA) is 70.2 Å². The van der Waals surface area contributed by atoms with Crippen LogP contribution >= 0.6 is 0 Å². The maximum absolute atomic E-state index is 12.2. The molecular formula is C18H23N5O. The molecule has 1 saturated heterocycles. The first-order valence-electron chi connectivity index (χ1n) is 8.36. The Labute approximate surface area is 142 Å². The quantitative estimate of drug-likeness (QED) is 0.906. The van der Waals surface area contributed by atoms with Gasteiger partial charge in [0.05, 0.1) is 11.7 Å². The lowest BCUT2D eigenvalue weighted by Crippen LogP contribution is -2.48. The Hall–Kier alpha value is -2.63. The Morgan fingerprint density at radius 1 is 1.12 bits per heavy atom. The standard InChI is InChI=1S/C18H23N5O/c1-14(16-6-2-4-10-19-16)21-18(24)22-15-8-12-23(13-9-15)17-7-3-5-11-20-17/h2-7,10-11,14-15H,8-9,12-13H2,1H3,(H2,21,22,24)/t14-/m0/s1. The number of nitrogens with zero attached hydrogens (tertiary/aromatic N) is 3. The van der Waals surface area contributed by atoms with Gasteiger partial charge in [-0.1, -0.05) is 12.1 Å². The van der Waals surface area contributed by atoms with Crippen molar-refractivity contribution in [1.29, 1.82) is 0 Å². The Kier molecular flexibility index (Phi) is 5.25. The summed E-state index contributed by atoms with van der Waals surface area (Å²) in [6, 6.07) is 11.6. The van der Waals surface area contributed by atoms with E-state index in [0.29, 0.717) is 0 Å². The molecule has 6 nitrogen and oxygen atoms in total. The molecule has 2 N–H and O–H groups in total. The van der Waals surface area contributed by atoms with Gasteiger partial charge in [0.25, 0.3) is 0 Å². The molecule has 0 saturated carbocycles. The summed E-state index contributed by atoms with van der Waals surface area (Å²) in [4.78, 5) is 23.1. The number of urea groups is 1. The number of carbonyl (C=O) groups is 1. The predicted molar refractivity (Wildman–Crippen MR) is 93.8 cm³/mol. The zero-order valence-electron chi connectivity index (χ0n) is 13.9. The van der Waals surface area contributed by atoms with Crippen LogP contribution in [0.2, 0.25) is 0 Å². The van der Waals surface area contributed by atoms with Gasteiger partial charge < -0.3 is 15.5 Å². The molecule has 0 unspecified atom stereocenters. The van der Waals surface area contributed by atoms with E-state index < -0.39 is 0 Å². The summed E-state index contributed by atoms with van der Waals surface area (Å²) in [5, 5.41) is 6.01. The van der Waals surface area contributed by atoms with E-state index in [1.165, 1.54) is 0 Å². The van der Waals surface area contributed by atoms with Gasteiger partial charge in [-0.25, -0.2) is 9.78 Å². The summed E-state index contributed by atoms with van der Waals surface area (Å²) in [5.74, 6) is 1.00. The third-order valence-electron chi connectivity index (χ3n) is 4.28. The van der Waals surface area contributed by atoms with Crippen LogP contribution in [0.1, 0.15) is 31.5 Å². The zero-order valence-corrected chi connectivity index (χ0v) is 13.9. The monoisotopic (exact) mass is 325 g/mol. The third-order valence-corrected chi connectivity index (χ3v) is 4.28. The SMILES string of the molecule is C[C@H](NC(=O)NC1CCN(c2ccccn2)CC1)c1ccccn1. The fourth-order valence-corrected chi connectivity index (χ4v) is 2.92. The minimum absolute atomic E-state index is 0.111. The summed E-state index contributed by atoms with van der Waals surface area (Å²) in [5.41, 5.74) is 0.859. The first kappa shape index (κ1) is 16.2. The van der Waals surface area contributed by atoms with Crippen molar-refractivity contribution in [3.05, 3.63) is 54.5 Å². The van der Waals surface area contributed by atoms with Crippen molar-refractivity contribution in [3.63, 3.8) is 0 Å². The molecule has 1 atom stereocenters. The van der Waals surface area contributed by atoms with Crippen molar-refractivity contribution in [2.45, 2.75) is 31.8 Å². The summed E-state index contributed by atoms with van der Waals surface area (Å²) in [6.07, 6.45) is 5.38. The molecule has 126 valence electrons. The summed E-state index contributed by atoms with van der Waals surface area (Å²) in [7, 11) is 0. The van der Waals surface area contributed by atoms with Gasteiger partial charge in [-0.2, -0.15) is 0 Å².